The van der Waals surface area contributed by atoms with Gasteiger partial charge in [-0.1, -0.05) is 36.4 Å². The van der Waals surface area contributed by atoms with Gasteiger partial charge in [-0.2, -0.15) is 0 Å². The third-order valence-corrected chi connectivity index (χ3v) is 7.26. The van der Waals surface area contributed by atoms with Crippen molar-refractivity contribution >= 4 is 23.5 Å². The number of rotatable bonds is 9. The topological polar surface area (TPSA) is 124 Å². The van der Waals surface area contributed by atoms with Crippen molar-refractivity contribution < 1.29 is 38.4 Å². The van der Waals surface area contributed by atoms with Crippen molar-refractivity contribution in [3.05, 3.63) is 65.2 Å². The largest absolute Gasteiger partial charge is 0.459 e. The second-order valence-electron chi connectivity index (χ2n) is 11.9. The zero-order valence-corrected chi connectivity index (χ0v) is 25.0. The molecule has 4 rings (SSSR count). The maximum atomic E-state index is 12.9. The van der Waals surface area contributed by atoms with Gasteiger partial charge in [-0.3, -0.25) is 19.3 Å². The summed E-state index contributed by atoms with van der Waals surface area (Å²) in [7, 11) is 0. The molecule has 0 aromatic heterocycles. The molecule has 5 atom stereocenters. The Hall–Kier alpha value is -3.31. The Morgan fingerprint density at radius 3 is 2.33 bits per heavy atom. The van der Waals surface area contributed by atoms with E-state index in [1.54, 1.807) is 12.1 Å². The number of carbonyl (C=O) groups excluding carboxylic acids is 3. The molecule has 0 spiro atoms. The molecule has 0 bridgehead atoms. The van der Waals surface area contributed by atoms with Crippen molar-refractivity contribution in [2.45, 2.75) is 96.7 Å². The molecule has 1 amide bonds. The zero-order valence-electron chi connectivity index (χ0n) is 25.0. The first-order valence-electron chi connectivity index (χ1n) is 14.5. The molecule has 2 saturated heterocycles. The van der Waals surface area contributed by atoms with Gasteiger partial charge in [0, 0.05) is 31.1 Å². The summed E-state index contributed by atoms with van der Waals surface area (Å²) in [5, 5.41) is 12.2. The molecule has 0 aliphatic carbocycles. The lowest BCUT2D eigenvalue weighted by molar-refractivity contribution is -0.253. The number of carbonyl (C=O) groups is 3. The molecule has 42 heavy (non-hydrogen) atoms. The van der Waals surface area contributed by atoms with Gasteiger partial charge >= 0.3 is 11.9 Å². The predicted octanol–water partition coefficient (Wildman–Crippen LogP) is 4.42. The molecule has 228 valence electrons. The first-order chi connectivity index (χ1) is 19.9. The highest BCUT2D eigenvalue weighted by atomic mass is 16.7. The van der Waals surface area contributed by atoms with Crippen LogP contribution >= 0.6 is 0 Å². The van der Waals surface area contributed by atoms with Crippen LogP contribution in [0.1, 0.15) is 83.0 Å². The summed E-state index contributed by atoms with van der Waals surface area (Å²) in [6.45, 7) is 9.69. The smallest absolute Gasteiger partial charge is 0.323 e. The number of benzene rings is 2. The minimum Gasteiger partial charge on any atom is -0.459 e. The van der Waals surface area contributed by atoms with Crippen molar-refractivity contribution in [3.8, 4) is 0 Å². The van der Waals surface area contributed by atoms with Gasteiger partial charge in [0.05, 0.1) is 18.8 Å². The van der Waals surface area contributed by atoms with Gasteiger partial charge < -0.3 is 29.4 Å². The number of esters is 2. The first kappa shape index (κ1) is 31.6. The van der Waals surface area contributed by atoms with Gasteiger partial charge in [-0.05, 0) is 70.3 Å². The van der Waals surface area contributed by atoms with E-state index in [1.807, 2.05) is 57.2 Å². The second-order valence-corrected chi connectivity index (χ2v) is 11.9. The minimum atomic E-state index is -0.916. The van der Waals surface area contributed by atoms with Crippen LogP contribution in [0.2, 0.25) is 0 Å². The van der Waals surface area contributed by atoms with Gasteiger partial charge in [-0.15, -0.1) is 0 Å². The number of nitrogens with one attached hydrogen (secondary N) is 1. The number of amides is 1. The highest BCUT2D eigenvalue weighted by molar-refractivity contribution is 5.94. The van der Waals surface area contributed by atoms with Crippen LogP contribution in [0.25, 0.3) is 0 Å². The van der Waals surface area contributed by atoms with E-state index in [-0.39, 0.29) is 30.8 Å². The van der Waals surface area contributed by atoms with E-state index in [9.17, 15) is 19.5 Å². The summed E-state index contributed by atoms with van der Waals surface area (Å²) in [4.78, 5) is 38.6. The zero-order chi connectivity index (χ0) is 30.4. The van der Waals surface area contributed by atoms with Gasteiger partial charge in [0.25, 0.3) is 5.91 Å². The molecule has 0 radical (unpaired) electrons. The quantitative estimate of drug-likeness (QED) is 0.414. The van der Waals surface area contributed by atoms with Crippen LogP contribution in [0, 0.1) is 0 Å². The van der Waals surface area contributed by atoms with E-state index in [0.29, 0.717) is 18.7 Å². The van der Waals surface area contributed by atoms with Crippen LogP contribution in [0.5, 0.6) is 0 Å². The number of aliphatic hydroxyl groups excluding tert-OH is 1. The minimum absolute atomic E-state index is 0.0380. The maximum absolute atomic E-state index is 12.9. The van der Waals surface area contributed by atoms with Gasteiger partial charge in [0.15, 0.2) is 12.4 Å². The van der Waals surface area contributed by atoms with Crippen LogP contribution in [-0.2, 0) is 39.9 Å². The van der Waals surface area contributed by atoms with Crippen molar-refractivity contribution in [1.82, 2.24) is 4.90 Å². The summed E-state index contributed by atoms with van der Waals surface area (Å²) in [5.74, 6) is -1.17. The summed E-state index contributed by atoms with van der Waals surface area (Å²) >= 11 is 0. The third kappa shape index (κ3) is 8.61. The molecule has 2 heterocycles. The molecule has 0 saturated carbocycles. The number of nitrogens with zero attached hydrogens (tertiary/aromatic N) is 1. The van der Waals surface area contributed by atoms with Crippen LogP contribution in [0.4, 0.5) is 5.69 Å². The fraction of sp³-hybridized carbons (Fsp3) is 0.531. The van der Waals surface area contributed by atoms with Gasteiger partial charge in [-0.25, -0.2) is 0 Å². The third-order valence-electron chi connectivity index (χ3n) is 7.26. The number of likely N-dealkylation sites (tertiary alicyclic amines) is 1. The lowest BCUT2D eigenvalue weighted by Crippen LogP contribution is -2.45. The van der Waals surface area contributed by atoms with Crippen molar-refractivity contribution in [1.29, 1.82) is 0 Å². The lowest BCUT2D eigenvalue weighted by Gasteiger charge is -2.38. The highest BCUT2D eigenvalue weighted by Crippen LogP contribution is 2.39. The highest BCUT2D eigenvalue weighted by Gasteiger charge is 2.39. The van der Waals surface area contributed by atoms with Crippen LogP contribution in [-0.4, -0.2) is 64.8 Å². The Morgan fingerprint density at radius 2 is 1.71 bits per heavy atom. The van der Waals surface area contributed by atoms with E-state index in [0.717, 1.165) is 36.1 Å². The summed E-state index contributed by atoms with van der Waals surface area (Å²) < 4.78 is 23.5. The number of anilines is 1. The molecule has 2 aromatic rings. The SMILES string of the molecule is CC(=O)O[C@@H](C)C(=O)Nc1ccc([C@@H]2O[C@H](CN3CCC[C@H]3C(=O)OC(C)(C)C)C[C@H](c3ccc(CO)cc3)O2)cc1. The Balaban J connectivity index is 1.50. The average molecular weight is 583 g/mol. The summed E-state index contributed by atoms with van der Waals surface area (Å²) in [6, 6.07) is 14.5. The Kier molecular flexibility index (Phi) is 10.4. The predicted molar refractivity (Wildman–Crippen MR) is 155 cm³/mol. The van der Waals surface area contributed by atoms with Crippen molar-refractivity contribution in [2.75, 3.05) is 18.4 Å². The Labute approximate surface area is 247 Å². The number of ether oxygens (including phenoxy) is 4. The number of aliphatic hydroxyl groups is 1. The molecule has 2 aliphatic heterocycles. The van der Waals surface area contributed by atoms with E-state index >= 15 is 0 Å². The normalized spacial score (nSPS) is 23.7. The molecule has 2 fully saturated rings. The van der Waals surface area contributed by atoms with Gasteiger partial charge in [0.1, 0.15) is 11.6 Å². The molecular formula is C32H42N2O8. The fourth-order valence-electron chi connectivity index (χ4n) is 5.25. The Morgan fingerprint density at radius 1 is 1.05 bits per heavy atom. The molecule has 0 unspecified atom stereocenters. The molecular weight excluding hydrogens is 540 g/mol. The average Bonchev–Trinajstić information content (AvgIpc) is 3.40. The van der Waals surface area contributed by atoms with Gasteiger partial charge in [0.2, 0.25) is 0 Å². The summed E-state index contributed by atoms with van der Waals surface area (Å²) in [5.41, 5.74) is 2.55. The second kappa shape index (κ2) is 13.8. The van der Waals surface area contributed by atoms with Crippen molar-refractivity contribution in [2.24, 2.45) is 0 Å². The summed E-state index contributed by atoms with van der Waals surface area (Å²) in [6.07, 6.45) is 0.156. The lowest BCUT2D eigenvalue weighted by atomic mass is 9.99. The van der Waals surface area contributed by atoms with Crippen molar-refractivity contribution in [3.63, 3.8) is 0 Å². The number of hydrogen-bond acceptors (Lipinski definition) is 9. The molecule has 2 aromatic carbocycles. The monoisotopic (exact) mass is 582 g/mol. The molecule has 2 N–H and O–H groups in total. The molecule has 10 heteroatoms. The van der Waals surface area contributed by atoms with E-state index in [1.165, 1.54) is 13.8 Å². The van der Waals surface area contributed by atoms with Crippen LogP contribution in [0.15, 0.2) is 48.5 Å². The Bertz CT molecular complexity index is 1220. The maximum Gasteiger partial charge on any atom is 0.323 e. The molecule has 10 nitrogen and oxygen atoms in total. The van der Waals surface area contributed by atoms with E-state index in [2.05, 4.69) is 10.2 Å². The van der Waals surface area contributed by atoms with E-state index < -0.39 is 29.9 Å². The van der Waals surface area contributed by atoms with E-state index in [4.69, 9.17) is 18.9 Å². The first-order valence-corrected chi connectivity index (χ1v) is 14.5. The number of hydrogen-bond donors (Lipinski definition) is 2. The van der Waals surface area contributed by atoms with Crippen LogP contribution in [0.3, 0.4) is 0 Å². The fourth-order valence-corrected chi connectivity index (χ4v) is 5.25. The molecule has 2 aliphatic rings. The standard InChI is InChI=1S/C32H42N2O8/c1-20(39-21(2)36)29(37)33-25-14-12-24(13-15-25)31-40-26(17-28(41-31)23-10-8-22(19-35)9-11-23)18-34-16-6-7-27(34)30(38)42-32(3,4)5/h8-15,20,26-28,31,35H,6-7,16-19H2,1-5H3,(H,33,37)/t20-,26-,27-,28+,31+/m0/s1. The van der Waals surface area contributed by atoms with Crippen LogP contribution < -0.4 is 5.32 Å².